The number of aryl methyl sites for hydroxylation is 1. The molecule has 0 radical (unpaired) electrons. The smallest absolute Gasteiger partial charge is 0.120 e. The number of hydrogen-bond acceptors (Lipinski definition) is 3. The van der Waals surface area contributed by atoms with Gasteiger partial charge in [-0.1, -0.05) is 95.9 Å². The topological polar surface area (TPSA) is 21.3 Å². The molecule has 0 saturated carbocycles. The molecule has 2 aromatic carbocycles. The molecule has 0 spiro atoms. The second kappa shape index (κ2) is 13.7. The van der Waals surface area contributed by atoms with Crippen molar-refractivity contribution in [1.82, 2.24) is 0 Å². The van der Waals surface area contributed by atoms with Crippen LogP contribution < -0.4 is 10.1 Å². The molecule has 1 N–H and O–H groups in total. The van der Waals surface area contributed by atoms with Gasteiger partial charge in [0.25, 0.3) is 0 Å². The van der Waals surface area contributed by atoms with Crippen LogP contribution in [0.3, 0.4) is 0 Å². The van der Waals surface area contributed by atoms with E-state index in [0.29, 0.717) is 0 Å². The van der Waals surface area contributed by atoms with Crippen LogP contribution in [-0.2, 0) is 6.42 Å². The van der Waals surface area contributed by atoms with Gasteiger partial charge in [-0.15, -0.1) is 0 Å². The van der Waals surface area contributed by atoms with Crippen LogP contribution in [0, 0.1) is 0 Å². The molecule has 1 aliphatic heterocycles. The third kappa shape index (κ3) is 8.11. The van der Waals surface area contributed by atoms with E-state index in [2.05, 4.69) is 55.6 Å². The Kier molecular flexibility index (Phi) is 10.6. The van der Waals surface area contributed by atoms with E-state index < -0.39 is 0 Å². The minimum absolute atomic E-state index is 0.821. The number of benzene rings is 2. The Balaban J connectivity index is 1.46. The van der Waals surface area contributed by atoms with Gasteiger partial charge in [-0.25, -0.2) is 0 Å². The van der Waals surface area contributed by atoms with Gasteiger partial charge in [-0.3, -0.25) is 0 Å². The van der Waals surface area contributed by atoms with Crippen molar-refractivity contribution in [2.75, 3.05) is 11.9 Å². The quantitative estimate of drug-likeness (QED) is 0.238. The molecule has 3 rings (SSSR count). The van der Waals surface area contributed by atoms with Crippen LogP contribution in [0.5, 0.6) is 5.75 Å². The molecule has 3 heteroatoms. The minimum atomic E-state index is 0.821. The molecule has 0 bridgehead atoms. The van der Waals surface area contributed by atoms with E-state index in [1.54, 1.807) is 0 Å². The van der Waals surface area contributed by atoms with Crippen molar-refractivity contribution >= 4 is 23.1 Å². The average molecular weight is 440 g/mol. The van der Waals surface area contributed by atoms with Crippen molar-refractivity contribution in [3.63, 3.8) is 0 Å². The normalized spacial score (nSPS) is 12.2. The number of ether oxygens (including phenoxy) is 1. The Hall–Kier alpha value is -1.61. The van der Waals surface area contributed by atoms with E-state index in [1.807, 2.05) is 11.8 Å². The van der Waals surface area contributed by atoms with Gasteiger partial charge in [0, 0.05) is 9.79 Å². The fourth-order valence-corrected chi connectivity index (χ4v) is 5.22. The predicted octanol–water partition coefficient (Wildman–Crippen LogP) is 9.54. The lowest BCUT2D eigenvalue weighted by Gasteiger charge is -2.22. The first-order chi connectivity index (χ1) is 15.3. The first kappa shape index (κ1) is 24.0. The SMILES string of the molecule is CCCCCCCCOc1ccc2c(c1)Sc1cc(CCCCCCCC)ccc1N2. The summed E-state index contributed by atoms with van der Waals surface area (Å²) in [6.45, 7) is 5.37. The first-order valence-electron chi connectivity index (χ1n) is 12.6. The van der Waals surface area contributed by atoms with E-state index >= 15 is 0 Å². The summed E-state index contributed by atoms with van der Waals surface area (Å²) in [6, 6.07) is 13.4. The molecule has 1 aliphatic rings. The Labute approximate surface area is 194 Å². The zero-order chi connectivity index (χ0) is 21.7. The van der Waals surface area contributed by atoms with Crippen molar-refractivity contribution in [2.45, 2.75) is 107 Å². The fourth-order valence-electron chi connectivity index (χ4n) is 4.14. The summed E-state index contributed by atoms with van der Waals surface area (Å²) in [5.41, 5.74) is 3.88. The van der Waals surface area contributed by atoms with E-state index in [-0.39, 0.29) is 0 Å². The van der Waals surface area contributed by atoms with Crippen LogP contribution in [0.2, 0.25) is 0 Å². The van der Waals surface area contributed by atoms with Crippen molar-refractivity contribution in [3.8, 4) is 5.75 Å². The van der Waals surface area contributed by atoms with Gasteiger partial charge in [-0.05, 0) is 55.2 Å². The number of fused-ring (bicyclic) bond motifs is 2. The second-order valence-corrected chi connectivity index (χ2v) is 9.93. The monoisotopic (exact) mass is 439 g/mol. The number of nitrogens with one attached hydrogen (secondary N) is 1. The van der Waals surface area contributed by atoms with Gasteiger partial charge in [0.15, 0.2) is 0 Å². The zero-order valence-corrected chi connectivity index (χ0v) is 20.5. The third-order valence-electron chi connectivity index (χ3n) is 6.07. The molecule has 31 heavy (non-hydrogen) atoms. The molecule has 1 heterocycles. The minimum Gasteiger partial charge on any atom is -0.494 e. The van der Waals surface area contributed by atoms with Crippen LogP contribution in [-0.4, -0.2) is 6.61 Å². The van der Waals surface area contributed by atoms with Crippen molar-refractivity contribution in [1.29, 1.82) is 0 Å². The Morgan fingerprint density at radius 3 is 2.03 bits per heavy atom. The zero-order valence-electron chi connectivity index (χ0n) is 19.7. The molecule has 0 aliphatic carbocycles. The first-order valence-corrected chi connectivity index (χ1v) is 13.5. The highest BCUT2D eigenvalue weighted by molar-refractivity contribution is 7.99. The third-order valence-corrected chi connectivity index (χ3v) is 7.19. The predicted molar refractivity (Wildman–Crippen MR) is 136 cm³/mol. The lowest BCUT2D eigenvalue weighted by atomic mass is 10.0. The summed E-state index contributed by atoms with van der Waals surface area (Å²) >= 11 is 1.87. The number of anilines is 2. The molecule has 170 valence electrons. The summed E-state index contributed by atoms with van der Waals surface area (Å²) in [4.78, 5) is 2.61. The van der Waals surface area contributed by atoms with E-state index in [9.17, 15) is 0 Å². The summed E-state index contributed by atoms with van der Waals surface area (Å²) in [6.07, 6.45) is 17.1. The summed E-state index contributed by atoms with van der Waals surface area (Å²) < 4.78 is 6.04. The van der Waals surface area contributed by atoms with E-state index in [1.165, 1.54) is 104 Å². The highest BCUT2D eigenvalue weighted by Gasteiger charge is 2.16. The van der Waals surface area contributed by atoms with Crippen LogP contribution in [0.25, 0.3) is 0 Å². The Morgan fingerprint density at radius 2 is 1.29 bits per heavy atom. The van der Waals surface area contributed by atoms with Crippen molar-refractivity contribution in [3.05, 3.63) is 42.0 Å². The summed E-state index contributed by atoms with van der Waals surface area (Å²) in [5, 5.41) is 3.60. The molecular weight excluding hydrogens is 398 g/mol. The van der Waals surface area contributed by atoms with Crippen LogP contribution >= 0.6 is 11.8 Å². The largest absolute Gasteiger partial charge is 0.494 e. The maximum absolute atomic E-state index is 6.04. The van der Waals surface area contributed by atoms with Gasteiger partial charge >= 0.3 is 0 Å². The van der Waals surface area contributed by atoms with Gasteiger partial charge in [0.1, 0.15) is 5.75 Å². The van der Waals surface area contributed by atoms with Crippen LogP contribution in [0.15, 0.2) is 46.2 Å². The summed E-state index contributed by atoms with van der Waals surface area (Å²) in [5.74, 6) is 0.994. The van der Waals surface area contributed by atoms with Gasteiger partial charge in [-0.2, -0.15) is 0 Å². The Morgan fingerprint density at radius 1 is 0.677 bits per heavy atom. The lowest BCUT2D eigenvalue weighted by Crippen LogP contribution is -2.02. The van der Waals surface area contributed by atoms with Crippen molar-refractivity contribution in [2.24, 2.45) is 0 Å². The fraction of sp³-hybridized carbons (Fsp3) is 0.571. The molecule has 0 saturated heterocycles. The maximum Gasteiger partial charge on any atom is 0.120 e. The standard InChI is InChI=1S/C28H41NOS/c1-3-5-7-9-11-13-15-23-16-18-25-27(21-23)31-28-22-24(17-19-26(28)29-25)30-20-14-12-10-8-6-4-2/h16-19,21-22,29H,3-15,20H2,1-2H3. The molecule has 0 unspecified atom stereocenters. The lowest BCUT2D eigenvalue weighted by molar-refractivity contribution is 0.304. The molecule has 0 atom stereocenters. The number of rotatable bonds is 15. The molecule has 2 nitrogen and oxygen atoms in total. The van der Waals surface area contributed by atoms with Crippen LogP contribution in [0.4, 0.5) is 11.4 Å². The van der Waals surface area contributed by atoms with E-state index in [4.69, 9.17) is 4.74 Å². The molecule has 0 aromatic heterocycles. The van der Waals surface area contributed by atoms with Gasteiger partial charge < -0.3 is 10.1 Å². The molecule has 0 fully saturated rings. The number of unbranched alkanes of at least 4 members (excludes halogenated alkanes) is 10. The number of hydrogen-bond donors (Lipinski definition) is 1. The average Bonchev–Trinajstić information content (AvgIpc) is 2.79. The van der Waals surface area contributed by atoms with E-state index in [0.717, 1.165) is 18.8 Å². The van der Waals surface area contributed by atoms with Crippen molar-refractivity contribution < 1.29 is 4.74 Å². The second-order valence-electron chi connectivity index (χ2n) is 8.85. The highest BCUT2D eigenvalue weighted by atomic mass is 32.2. The Bertz CT molecular complexity index is 789. The highest BCUT2D eigenvalue weighted by Crippen LogP contribution is 2.45. The molecular formula is C28H41NOS. The molecule has 2 aromatic rings. The van der Waals surface area contributed by atoms with Gasteiger partial charge in [0.05, 0.1) is 18.0 Å². The van der Waals surface area contributed by atoms with Gasteiger partial charge in [0.2, 0.25) is 0 Å². The van der Waals surface area contributed by atoms with Crippen LogP contribution in [0.1, 0.15) is 96.5 Å². The molecule has 0 amide bonds. The maximum atomic E-state index is 6.04. The summed E-state index contributed by atoms with van der Waals surface area (Å²) in [7, 11) is 0.